The number of ether oxygens (including phenoxy) is 1. The molecule has 0 aromatic heterocycles. The minimum atomic E-state index is -0.296. The van der Waals surface area contributed by atoms with E-state index in [0.29, 0.717) is 21.5 Å². The summed E-state index contributed by atoms with van der Waals surface area (Å²) in [5.41, 5.74) is 4.89. The number of hydrogen-bond donors (Lipinski definition) is 1. The van der Waals surface area contributed by atoms with Crippen LogP contribution in [-0.2, 0) is 4.74 Å². The van der Waals surface area contributed by atoms with E-state index in [-0.39, 0.29) is 17.9 Å². The van der Waals surface area contributed by atoms with Crippen LogP contribution in [-0.4, -0.2) is 13.1 Å². The van der Waals surface area contributed by atoms with Gasteiger partial charge >= 0.3 is 5.97 Å². The average molecular weight is 388 g/mol. The summed E-state index contributed by atoms with van der Waals surface area (Å²) in [6, 6.07) is 9.72. The number of carbonyl (C=O) groups excluding carboxylic acids is 1. The molecule has 1 aliphatic heterocycles. The van der Waals surface area contributed by atoms with Crippen LogP contribution in [0.3, 0.4) is 0 Å². The van der Waals surface area contributed by atoms with E-state index in [2.05, 4.69) is 24.4 Å². The fourth-order valence-electron chi connectivity index (χ4n) is 4.18. The van der Waals surface area contributed by atoms with Crippen molar-refractivity contribution in [1.82, 2.24) is 0 Å². The summed E-state index contributed by atoms with van der Waals surface area (Å²) in [5, 5.41) is 4.78. The summed E-state index contributed by atoms with van der Waals surface area (Å²) in [5.74, 6) is 0.180. The van der Waals surface area contributed by atoms with Crippen LogP contribution in [0.25, 0.3) is 0 Å². The predicted octanol–water partition coefficient (Wildman–Crippen LogP) is 5.91. The Morgan fingerprint density at radius 1 is 1.19 bits per heavy atom. The van der Waals surface area contributed by atoms with Gasteiger partial charge in [-0.15, -0.1) is 0 Å². The zero-order valence-electron chi connectivity index (χ0n) is 14.6. The van der Waals surface area contributed by atoms with E-state index in [9.17, 15) is 4.79 Å². The maximum absolute atomic E-state index is 12.3. The molecule has 0 unspecified atom stereocenters. The standard InChI is InChI=1S/C21H19Cl2NO2/c1-11-6-8-15(21(25)26-2)18-13-4-3-5-14(13)20(24-19(11)18)12-7-9-16(22)17(23)10-12/h3-4,6-10,13-14,20,24H,5H2,1-2H3/t13-,14-,20-/m1/s1. The number of aryl methyl sites for hydroxylation is 1. The van der Waals surface area contributed by atoms with E-state index in [1.807, 2.05) is 30.3 Å². The molecule has 0 fully saturated rings. The number of carbonyl (C=O) groups is 1. The minimum Gasteiger partial charge on any atom is -0.465 e. The Kier molecular flexibility index (Phi) is 4.45. The fourth-order valence-corrected chi connectivity index (χ4v) is 4.49. The van der Waals surface area contributed by atoms with Crippen molar-refractivity contribution in [3.63, 3.8) is 0 Å². The maximum Gasteiger partial charge on any atom is 0.338 e. The summed E-state index contributed by atoms with van der Waals surface area (Å²) in [6.45, 7) is 2.05. The second-order valence-electron chi connectivity index (χ2n) is 6.86. The number of benzene rings is 2. The number of allylic oxidation sites excluding steroid dienone is 2. The molecule has 2 aliphatic rings. The normalized spacial score (nSPS) is 23.2. The molecule has 1 N–H and O–H groups in total. The fraction of sp³-hybridized carbons (Fsp3) is 0.286. The number of esters is 1. The van der Waals surface area contributed by atoms with E-state index in [0.717, 1.165) is 28.8 Å². The number of fused-ring (bicyclic) bond motifs is 3. The highest BCUT2D eigenvalue weighted by Gasteiger charge is 2.40. The van der Waals surface area contributed by atoms with Crippen LogP contribution in [0.2, 0.25) is 10.0 Å². The molecular formula is C21H19Cl2NO2. The third-order valence-electron chi connectivity index (χ3n) is 5.44. The third kappa shape index (κ3) is 2.70. The molecule has 0 saturated carbocycles. The van der Waals surface area contributed by atoms with Gasteiger partial charge in [0.05, 0.1) is 28.8 Å². The van der Waals surface area contributed by atoms with Crippen molar-refractivity contribution in [3.05, 3.63) is 74.8 Å². The molecule has 0 spiro atoms. The zero-order valence-corrected chi connectivity index (χ0v) is 16.1. The Bertz CT molecular complexity index is 922. The van der Waals surface area contributed by atoms with E-state index in [1.54, 1.807) is 0 Å². The smallest absolute Gasteiger partial charge is 0.338 e. The van der Waals surface area contributed by atoms with Crippen LogP contribution in [0.1, 0.15) is 45.4 Å². The molecule has 5 heteroatoms. The van der Waals surface area contributed by atoms with Gasteiger partial charge in [0.1, 0.15) is 0 Å². The van der Waals surface area contributed by atoms with E-state index in [4.69, 9.17) is 27.9 Å². The van der Waals surface area contributed by atoms with E-state index >= 15 is 0 Å². The summed E-state index contributed by atoms with van der Waals surface area (Å²) in [4.78, 5) is 12.3. The minimum absolute atomic E-state index is 0.101. The number of methoxy groups -OCH3 is 1. The van der Waals surface area contributed by atoms with Gasteiger partial charge in [-0.2, -0.15) is 0 Å². The van der Waals surface area contributed by atoms with Crippen LogP contribution in [0, 0.1) is 12.8 Å². The highest BCUT2D eigenvalue weighted by molar-refractivity contribution is 6.42. The highest BCUT2D eigenvalue weighted by atomic mass is 35.5. The highest BCUT2D eigenvalue weighted by Crippen LogP contribution is 2.52. The second-order valence-corrected chi connectivity index (χ2v) is 7.67. The molecular weight excluding hydrogens is 369 g/mol. The lowest BCUT2D eigenvalue weighted by Gasteiger charge is -2.39. The molecule has 134 valence electrons. The summed E-state index contributed by atoms with van der Waals surface area (Å²) >= 11 is 12.3. The van der Waals surface area contributed by atoms with E-state index in [1.165, 1.54) is 7.11 Å². The summed E-state index contributed by atoms with van der Waals surface area (Å²) in [7, 11) is 1.42. The van der Waals surface area contributed by atoms with E-state index < -0.39 is 0 Å². The lowest BCUT2D eigenvalue weighted by Crippen LogP contribution is -2.31. The Balaban J connectivity index is 1.86. The molecule has 2 aromatic carbocycles. The van der Waals surface area contributed by atoms with Crippen molar-refractivity contribution in [2.45, 2.75) is 25.3 Å². The maximum atomic E-state index is 12.3. The van der Waals surface area contributed by atoms with Gasteiger partial charge in [0.25, 0.3) is 0 Å². The third-order valence-corrected chi connectivity index (χ3v) is 6.18. The zero-order chi connectivity index (χ0) is 18.4. The van der Waals surface area contributed by atoms with Crippen molar-refractivity contribution in [2.75, 3.05) is 12.4 Å². The molecule has 0 amide bonds. The van der Waals surface area contributed by atoms with Crippen molar-refractivity contribution in [2.24, 2.45) is 5.92 Å². The molecule has 3 nitrogen and oxygen atoms in total. The number of rotatable bonds is 2. The first kappa shape index (κ1) is 17.4. The van der Waals surface area contributed by atoms with Crippen LogP contribution in [0.5, 0.6) is 0 Å². The summed E-state index contributed by atoms with van der Waals surface area (Å²) in [6.07, 6.45) is 5.34. The molecule has 26 heavy (non-hydrogen) atoms. The van der Waals surface area contributed by atoms with Crippen LogP contribution in [0.15, 0.2) is 42.5 Å². The van der Waals surface area contributed by atoms with Gasteiger partial charge in [0.15, 0.2) is 0 Å². The van der Waals surface area contributed by atoms with Crippen molar-refractivity contribution in [1.29, 1.82) is 0 Å². The molecule has 0 bridgehead atoms. The molecule has 1 heterocycles. The molecule has 4 rings (SSSR count). The average Bonchev–Trinajstić information content (AvgIpc) is 3.13. The number of hydrogen-bond acceptors (Lipinski definition) is 3. The van der Waals surface area contributed by atoms with Crippen LogP contribution < -0.4 is 5.32 Å². The summed E-state index contributed by atoms with van der Waals surface area (Å²) < 4.78 is 5.01. The first-order chi connectivity index (χ1) is 12.5. The molecule has 0 radical (unpaired) electrons. The predicted molar refractivity (Wildman–Crippen MR) is 105 cm³/mol. The second kappa shape index (κ2) is 6.64. The van der Waals surface area contributed by atoms with Crippen LogP contribution in [0.4, 0.5) is 5.69 Å². The monoisotopic (exact) mass is 387 g/mol. The van der Waals surface area contributed by atoms with Gasteiger partial charge in [0, 0.05) is 11.6 Å². The number of halogens is 2. The van der Waals surface area contributed by atoms with Crippen LogP contribution >= 0.6 is 23.2 Å². The molecule has 2 aromatic rings. The Labute approximate surface area is 163 Å². The van der Waals surface area contributed by atoms with Crippen molar-refractivity contribution < 1.29 is 9.53 Å². The topological polar surface area (TPSA) is 38.3 Å². The largest absolute Gasteiger partial charge is 0.465 e. The van der Waals surface area contributed by atoms with Gasteiger partial charge in [-0.25, -0.2) is 4.79 Å². The number of nitrogens with one attached hydrogen (secondary N) is 1. The van der Waals surface area contributed by atoms with Crippen molar-refractivity contribution >= 4 is 34.9 Å². The lowest BCUT2D eigenvalue weighted by molar-refractivity contribution is 0.0598. The number of anilines is 1. The lowest BCUT2D eigenvalue weighted by atomic mass is 9.75. The SMILES string of the molecule is COC(=O)c1ccc(C)c2c1[C@@H]1C=CC[C@H]1[C@@H](c1ccc(Cl)c(Cl)c1)N2. The Morgan fingerprint density at radius 2 is 2.00 bits per heavy atom. The quantitative estimate of drug-likeness (QED) is 0.513. The first-order valence-corrected chi connectivity index (χ1v) is 9.36. The van der Waals surface area contributed by atoms with Gasteiger partial charge in [-0.3, -0.25) is 0 Å². The van der Waals surface area contributed by atoms with Gasteiger partial charge in [0.2, 0.25) is 0 Å². The first-order valence-electron chi connectivity index (χ1n) is 8.61. The van der Waals surface area contributed by atoms with Gasteiger partial charge < -0.3 is 10.1 Å². The van der Waals surface area contributed by atoms with Crippen molar-refractivity contribution in [3.8, 4) is 0 Å². The Hall–Kier alpha value is -1.97. The molecule has 0 saturated heterocycles. The Morgan fingerprint density at radius 3 is 2.73 bits per heavy atom. The molecule has 3 atom stereocenters. The van der Waals surface area contributed by atoms with Gasteiger partial charge in [-0.05, 0) is 54.2 Å². The molecule has 1 aliphatic carbocycles. The van der Waals surface area contributed by atoms with Gasteiger partial charge in [-0.1, -0.05) is 47.5 Å².